The van der Waals surface area contributed by atoms with E-state index in [0.29, 0.717) is 6.04 Å². The van der Waals surface area contributed by atoms with Crippen molar-refractivity contribution < 1.29 is 0 Å². The molecule has 2 unspecified atom stereocenters. The van der Waals surface area contributed by atoms with Crippen LogP contribution in [0.5, 0.6) is 0 Å². The highest BCUT2D eigenvalue weighted by Crippen LogP contribution is 2.30. The molecule has 0 fully saturated rings. The van der Waals surface area contributed by atoms with Crippen molar-refractivity contribution in [2.24, 2.45) is 0 Å². The van der Waals surface area contributed by atoms with Gasteiger partial charge in [-0.25, -0.2) is 0 Å². The Morgan fingerprint density at radius 2 is 1.89 bits per heavy atom. The SMILES string of the molecule is CCNC(C1=CCCCCCC1)C(C)(CC)N(C)C. The van der Waals surface area contributed by atoms with Gasteiger partial charge in [0.2, 0.25) is 0 Å². The third kappa shape index (κ3) is 4.32. The van der Waals surface area contributed by atoms with Crippen LogP contribution < -0.4 is 5.32 Å². The van der Waals surface area contributed by atoms with E-state index in [4.69, 9.17) is 0 Å². The van der Waals surface area contributed by atoms with Crippen LogP contribution in [0, 0.1) is 0 Å². The molecule has 0 heterocycles. The highest BCUT2D eigenvalue weighted by Gasteiger charge is 2.36. The van der Waals surface area contributed by atoms with E-state index in [1.54, 1.807) is 5.57 Å². The topological polar surface area (TPSA) is 15.3 Å². The van der Waals surface area contributed by atoms with Crippen molar-refractivity contribution in [3.05, 3.63) is 11.6 Å². The number of likely N-dealkylation sites (N-methyl/N-ethyl adjacent to an activating group) is 2. The van der Waals surface area contributed by atoms with Crippen molar-refractivity contribution in [2.45, 2.75) is 77.3 Å². The maximum atomic E-state index is 3.76. The van der Waals surface area contributed by atoms with E-state index in [1.807, 2.05) is 0 Å². The Balaban J connectivity index is 2.96. The zero-order valence-electron chi connectivity index (χ0n) is 13.8. The van der Waals surface area contributed by atoms with Gasteiger partial charge in [0.05, 0.1) is 0 Å². The summed E-state index contributed by atoms with van der Waals surface area (Å²) in [5, 5.41) is 3.76. The second kappa shape index (κ2) is 8.06. The fourth-order valence-electron chi connectivity index (χ4n) is 3.21. The Labute approximate surface area is 120 Å². The molecule has 0 saturated carbocycles. The summed E-state index contributed by atoms with van der Waals surface area (Å²) in [5.41, 5.74) is 1.86. The number of nitrogens with one attached hydrogen (secondary N) is 1. The number of allylic oxidation sites excluding steroid dienone is 1. The minimum absolute atomic E-state index is 0.209. The summed E-state index contributed by atoms with van der Waals surface area (Å²) in [5.74, 6) is 0. The molecule has 2 atom stereocenters. The van der Waals surface area contributed by atoms with Gasteiger partial charge in [0.25, 0.3) is 0 Å². The first-order valence-corrected chi connectivity index (χ1v) is 8.16. The summed E-state index contributed by atoms with van der Waals surface area (Å²) in [6, 6.07) is 0.496. The Bertz CT molecular complexity index is 283. The smallest absolute Gasteiger partial charge is 0.0463 e. The number of nitrogens with zero attached hydrogens (tertiary/aromatic N) is 1. The van der Waals surface area contributed by atoms with Gasteiger partial charge >= 0.3 is 0 Å². The Morgan fingerprint density at radius 3 is 2.47 bits per heavy atom. The van der Waals surface area contributed by atoms with E-state index in [0.717, 1.165) is 6.54 Å². The molecule has 0 aromatic carbocycles. The van der Waals surface area contributed by atoms with E-state index in [-0.39, 0.29) is 5.54 Å². The molecule has 2 heteroatoms. The van der Waals surface area contributed by atoms with Crippen LogP contribution in [-0.4, -0.2) is 37.1 Å². The molecule has 0 aromatic heterocycles. The van der Waals surface area contributed by atoms with Gasteiger partial charge in [-0.1, -0.05) is 38.3 Å². The lowest BCUT2D eigenvalue weighted by molar-refractivity contribution is 0.127. The van der Waals surface area contributed by atoms with Crippen molar-refractivity contribution in [2.75, 3.05) is 20.6 Å². The van der Waals surface area contributed by atoms with E-state index < -0.39 is 0 Å². The summed E-state index contributed by atoms with van der Waals surface area (Å²) >= 11 is 0. The molecular formula is C17H34N2. The molecule has 1 N–H and O–H groups in total. The van der Waals surface area contributed by atoms with Crippen LogP contribution in [0.25, 0.3) is 0 Å². The third-order valence-electron chi connectivity index (χ3n) is 4.96. The predicted molar refractivity (Wildman–Crippen MR) is 85.6 cm³/mol. The van der Waals surface area contributed by atoms with E-state index in [9.17, 15) is 0 Å². The first-order chi connectivity index (χ1) is 9.06. The molecule has 1 aliphatic rings. The molecule has 1 aliphatic carbocycles. The second-order valence-corrected chi connectivity index (χ2v) is 6.33. The van der Waals surface area contributed by atoms with Crippen LogP contribution in [0.3, 0.4) is 0 Å². The van der Waals surface area contributed by atoms with Gasteiger partial charge in [-0.3, -0.25) is 0 Å². The Morgan fingerprint density at radius 1 is 1.21 bits per heavy atom. The zero-order chi connectivity index (χ0) is 14.3. The molecule has 2 nitrogen and oxygen atoms in total. The fraction of sp³-hybridized carbons (Fsp3) is 0.882. The Hall–Kier alpha value is -0.340. The molecule has 1 rings (SSSR count). The van der Waals surface area contributed by atoms with Crippen LogP contribution in [0.2, 0.25) is 0 Å². The average molecular weight is 266 g/mol. The van der Waals surface area contributed by atoms with Gasteiger partial charge in [0, 0.05) is 11.6 Å². The highest BCUT2D eigenvalue weighted by atomic mass is 15.2. The molecule has 0 bridgehead atoms. The highest BCUT2D eigenvalue weighted by molar-refractivity contribution is 5.19. The molecule has 19 heavy (non-hydrogen) atoms. The van der Waals surface area contributed by atoms with Gasteiger partial charge in [-0.15, -0.1) is 0 Å². The largest absolute Gasteiger partial charge is 0.309 e. The van der Waals surface area contributed by atoms with Crippen molar-refractivity contribution in [1.82, 2.24) is 10.2 Å². The lowest BCUT2D eigenvalue weighted by Crippen LogP contribution is -2.57. The van der Waals surface area contributed by atoms with Gasteiger partial charge in [0.1, 0.15) is 0 Å². The zero-order valence-corrected chi connectivity index (χ0v) is 13.8. The minimum Gasteiger partial charge on any atom is -0.309 e. The summed E-state index contributed by atoms with van der Waals surface area (Å²) in [7, 11) is 4.44. The number of hydrogen-bond donors (Lipinski definition) is 1. The van der Waals surface area contributed by atoms with Crippen LogP contribution in [0.4, 0.5) is 0 Å². The predicted octanol–water partition coefficient (Wildman–Crippen LogP) is 3.98. The summed E-state index contributed by atoms with van der Waals surface area (Å²) in [4.78, 5) is 2.40. The molecule has 0 aromatic rings. The molecule has 0 spiro atoms. The number of rotatable bonds is 6. The fourth-order valence-corrected chi connectivity index (χ4v) is 3.21. The van der Waals surface area contributed by atoms with Crippen LogP contribution in [0.15, 0.2) is 11.6 Å². The minimum atomic E-state index is 0.209. The van der Waals surface area contributed by atoms with Crippen molar-refractivity contribution >= 4 is 0 Å². The number of hydrogen-bond acceptors (Lipinski definition) is 2. The maximum absolute atomic E-state index is 3.76. The van der Waals surface area contributed by atoms with Crippen LogP contribution in [0.1, 0.15) is 65.7 Å². The average Bonchev–Trinajstić information content (AvgIpc) is 2.35. The Kier molecular flexibility index (Phi) is 7.09. The van der Waals surface area contributed by atoms with Gasteiger partial charge in [-0.2, -0.15) is 0 Å². The molecule has 0 aliphatic heterocycles. The summed E-state index contributed by atoms with van der Waals surface area (Å²) in [6.07, 6.45) is 11.8. The van der Waals surface area contributed by atoms with Crippen LogP contribution in [-0.2, 0) is 0 Å². The van der Waals surface area contributed by atoms with Crippen molar-refractivity contribution in [3.63, 3.8) is 0 Å². The van der Waals surface area contributed by atoms with Gasteiger partial charge in [0.15, 0.2) is 0 Å². The molecule has 0 radical (unpaired) electrons. The first-order valence-electron chi connectivity index (χ1n) is 8.16. The van der Waals surface area contributed by atoms with Gasteiger partial charge in [-0.05, 0) is 59.7 Å². The molecule has 0 amide bonds. The van der Waals surface area contributed by atoms with E-state index in [2.05, 4.69) is 51.2 Å². The van der Waals surface area contributed by atoms with Crippen molar-refractivity contribution in [3.8, 4) is 0 Å². The maximum Gasteiger partial charge on any atom is 0.0463 e. The third-order valence-corrected chi connectivity index (χ3v) is 4.96. The normalized spacial score (nSPS) is 22.3. The van der Waals surface area contributed by atoms with Crippen molar-refractivity contribution in [1.29, 1.82) is 0 Å². The lowest BCUT2D eigenvalue weighted by Gasteiger charge is -2.44. The molecular weight excluding hydrogens is 232 g/mol. The van der Waals surface area contributed by atoms with E-state index in [1.165, 1.54) is 44.9 Å². The quantitative estimate of drug-likeness (QED) is 0.732. The summed E-state index contributed by atoms with van der Waals surface area (Å²) < 4.78 is 0. The van der Waals surface area contributed by atoms with Gasteiger partial charge < -0.3 is 10.2 Å². The summed E-state index contributed by atoms with van der Waals surface area (Å²) in [6.45, 7) is 7.99. The first kappa shape index (κ1) is 16.7. The standard InChI is InChI=1S/C17H34N2/c1-6-17(3,19(4)5)16(18-7-2)15-13-11-9-8-10-12-14-15/h13,16,18H,6-12,14H2,1-5H3. The second-order valence-electron chi connectivity index (χ2n) is 6.33. The lowest BCUT2D eigenvalue weighted by atomic mass is 9.80. The van der Waals surface area contributed by atoms with E-state index >= 15 is 0 Å². The monoisotopic (exact) mass is 266 g/mol. The molecule has 112 valence electrons. The molecule has 0 saturated heterocycles. The van der Waals surface area contributed by atoms with Crippen LogP contribution >= 0.6 is 0 Å².